The number of hydrogen-bond donors (Lipinski definition) is 1. The first kappa shape index (κ1) is 16.2. The quantitative estimate of drug-likeness (QED) is 0.664. The van der Waals surface area contributed by atoms with E-state index in [1.807, 2.05) is 18.2 Å². The minimum atomic E-state index is -0.642. The Labute approximate surface area is 140 Å². The van der Waals surface area contributed by atoms with Gasteiger partial charge < -0.3 is 10.1 Å². The largest absolute Gasteiger partial charge is 0.494 e. The van der Waals surface area contributed by atoms with Crippen LogP contribution in [0.4, 0.5) is 4.79 Å². The molecule has 2 aliphatic heterocycles. The van der Waals surface area contributed by atoms with E-state index in [1.165, 1.54) is 16.0 Å². The number of nitrogens with zero attached hydrogens (tertiary/aromatic N) is 1. The summed E-state index contributed by atoms with van der Waals surface area (Å²) in [5.41, 5.74) is 1.78. The van der Waals surface area contributed by atoms with Gasteiger partial charge in [0.2, 0.25) is 0 Å². The number of amides is 3. The Bertz CT molecular complexity index is 626. The molecule has 2 fully saturated rings. The van der Waals surface area contributed by atoms with Crippen molar-refractivity contribution in [2.75, 3.05) is 24.7 Å². The van der Waals surface area contributed by atoms with Gasteiger partial charge in [0, 0.05) is 12.3 Å². The molecule has 3 rings (SSSR count). The SMILES string of the molecule is Cc1ccc(OCCCN2C(=O)N[C@@]3(CCSC3)C2=O)cc1C. The number of thioether (sulfide) groups is 1. The van der Waals surface area contributed by atoms with Crippen LogP contribution in [0.15, 0.2) is 18.2 Å². The third-order valence-corrected chi connectivity index (χ3v) is 5.73. The number of ether oxygens (including phenoxy) is 1. The number of carbonyl (C=O) groups excluding carboxylic acids is 2. The number of aryl methyl sites for hydroxylation is 2. The predicted molar refractivity (Wildman–Crippen MR) is 90.9 cm³/mol. The molecular formula is C17H22N2O3S. The molecule has 2 heterocycles. The lowest BCUT2D eigenvalue weighted by atomic mass is 9.99. The summed E-state index contributed by atoms with van der Waals surface area (Å²) in [6, 6.07) is 5.72. The molecule has 0 saturated carbocycles. The average molecular weight is 334 g/mol. The van der Waals surface area contributed by atoms with E-state index in [2.05, 4.69) is 19.2 Å². The van der Waals surface area contributed by atoms with Gasteiger partial charge in [0.25, 0.3) is 5.91 Å². The Hall–Kier alpha value is -1.69. The van der Waals surface area contributed by atoms with Crippen molar-refractivity contribution in [3.63, 3.8) is 0 Å². The maximum atomic E-state index is 12.5. The third kappa shape index (κ3) is 3.17. The second-order valence-corrected chi connectivity index (χ2v) is 7.32. The normalized spacial score (nSPS) is 23.7. The van der Waals surface area contributed by atoms with Gasteiger partial charge >= 0.3 is 6.03 Å². The lowest BCUT2D eigenvalue weighted by Crippen LogP contribution is -2.47. The van der Waals surface area contributed by atoms with E-state index >= 15 is 0 Å². The van der Waals surface area contributed by atoms with Crippen molar-refractivity contribution in [1.82, 2.24) is 10.2 Å². The highest BCUT2D eigenvalue weighted by Gasteiger charge is 2.52. The molecule has 23 heavy (non-hydrogen) atoms. The van der Waals surface area contributed by atoms with Gasteiger partial charge in [0.1, 0.15) is 11.3 Å². The van der Waals surface area contributed by atoms with Gasteiger partial charge in [0.15, 0.2) is 0 Å². The highest BCUT2D eigenvalue weighted by molar-refractivity contribution is 7.99. The molecule has 6 heteroatoms. The van der Waals surface area contributed by atoms with Crippen LogP contribution in [0, 0.1) is 13.8 Å². The minimum Gasteiger partial charge on any atom is -0.494 e. The Balaban J connectivity index is 1.50. The molecule has 0 aromatic heterocycles. The van der Waals surface area contributed by atoms with Crippen molar-refractivity contribution in [3.05, 3.63) is 29.3 Å². The lowest BCUT2D eigenvalue weighted by Gasteiger charge is -2.19. The molecule has 1 aromatic carbocycles. The lowest BCUT2D eigenvalue weighted by molar-refractivity contribution is -0.130. The summed E-state index contributed by atoms with van der Waals surface area (Å²) in [6.45, 7) is 5.01. The van der Waals surface area contributed by atoms with Gasteiger partial charge in [-0.05, 0) is 55.7 Å². The maximum Gasteiger partial charge on any atom is 0.325 e. The Morgan fingerprint density at radius 3 is 2.83 bits per heavy atom. The van der Waals surface area contributed by atoms with Gasteiger partial charge in [0.05, 0.1) is 6.61 Å². The van der Waals surface area contributed by atoms with Crippen LogP contribution in [-0.2, 0) is 4.79 Å². The van der Waals surface area contributed by atoms with Crippen LogP contribution in [0.1, 0.15) is 24.0 Å². The first-order valence-corrected chi connectivity index (χ1v) is 9.09. The van der Waals surface area contributed by atoms with Crippen LogP contribution in [0.2, 0.25) is 0 Å². The predicted octanol–water partition coefficient (Wildman–Crippen LogP) is 2.50. The van der Waals surface area contributed by atoms with Crippen molar-refractivity contribution in [1.29, 1.82) is 0 Å². The van der Waals surface area contributed by atoms with E-state index in [0.717, 1.165) is 17.9 Å². The zero-order chi connectivity index (χ0) is 16.4. The number of hydrogen-bond acceptors (Lipinski definition) is 4. The van der Waals surface area contributed by atoms with Crippen molar-refractivity contribution in [3.8, 4) is 5.75 Å². The molecule has 124 valence electrons. The monoisotopic (exact) mass is 334 g/mol. The molecule has 0 aliphatic carbocycles. The second kappa shape index (κ2) is 6.43. The zero-order valence-corrected chi connectivity index (χ0v) is 14.4. The van der Waals surface area contributed by atoms with Gasteiger partial charge in [-0.15, -0.1) is 0 Å². The topological polar surface area (TPSA) is 58.6 Å². The summed E-state index contributed by atoms with van der Waals surface area (Å²) in [4.78, 5) is 25.9. The molecule has 2 saturated heterocycles. The van der Waals surface area contributed by atoms with Gasteiger partial charge in [-0.25, -0.2) is 4.79 Å². The summed E-state index contributed by atoms with van der Waals surface area (Å²) in [5, 5.41) is 2.88. The van der Waals surface area contributed by atoms with Crippen molar-refractivity contribution in [2.24, 2.45) is 0 Å². The Morgan fingerprint density at radius 1 is 1.30 bits per heavy atom. The minimum absolute atomic E-state index is 0.0707. The van der Waals surface area contributed by atoms with E-state index in [4.69, 9.17) is 4.74 Å². The third-order valence-electron chi connectivity index (χ3n) is 4.54. The summed E-state index contributed by atoms with van der Waals surface area (Å²) in [5.74, 6) is 2.37. The van der Waals surface area contributed by atoms with E-state index < -0.39 is 5.54 Å². The number of imide groups is 1. The first-order valence-electron chi connectivity index (χ1n) is 7.94. The highest BCUT2D eigenvalue weighted by Crippen LogP contribution is 2.33. The van der Waals surface area contributed by atoms with Crippen LogP contribution in [-0.4, -0.2) is 47.0 Å². The fraction of sp³-hybridized carbons (Fsp3) is 0.529. The summed E-state index contributed by atoms with van der Waals surface area (Å²) in [7, 11) is 0. The molecule has 0 radical (unpaired) electrons. The van der Waals surface area contributed by atoms with Crippen LogP contribution >= 0.6 is 11.8 Å². The molecule has 1 N–H and O–H groups in total. The molecule has 3 amide bonds. The van der Waals surface area contributed by atoms with Crippen LogP contribution in [0.25, 0.3) is 0 Å². The van der Waals surface area contributed by atoms with Crippen LogP contribution in [0.3, 0.4) is 0 Å². The standard InChI is InChI=1S/C17H22N2O3S/c1-12-4-5-14(10-13(12)2)22-8-3-7-19-15(20)17(18-16(19)21)6-9-23-11-17/h4-5,10H,3,6-9,11H2,1-2H3,(H,18,21)/t17-/m1/s1. The van der Waals surface area contributed by atoms with E-state index in [9.17, 15) is 9.59 Å². The molecular weight excluding hydrogens is 312 g/mol. The molecule has 1 spiro atoms. The van der Waals surface area contributed by atoms with Crippen molar-refractivity contribution < 1.29 is 14.3 Å². The fourth-order valence-corrected chi connectivity index (χ4v) is 4.25. The number of rotatable bonds is 5. The number of nitrogens with one attached hydrogen (secondary N) is 1. The second-order valence-electron chi connectivity index (χ2n) is 6.22. The molecule has 1 atom stereocenters. The smallest absolute Gasteiger partial charge is 0.325 e. The van der Waals surface area contributed by atoms with Gasteiger partial charge in [-0.1, -0.05) is 6.07 Å². The van der Waals surface area contributed by atoms with E-state index in [1.54, 1.807) is 11.8 Å². The van der Waals surface area contributed by atoms with Crippen LogP contribution < -0.4 is 10.1 Å². The highest BCUT2D eigenvalue weighted by atomic mass is 32.2. The molecule has 2 aliphatic rings. The molecule has 0 bridgehead atoms. The number of benzene rings is 1. The Kier molecular flexibility index (Phi) is 4.53. The number of carbonyl (C=O) groups is 2. The maximum absolute atomic E-state index is 12.5. The molecule has 5 nitrogen and oxygen atoms in total. The summed E-state index contributed by atoms with van der Waals surface area (Å²) >= 11 is 1.72. The Morgan fingerprint density at radius 2 is 2.13 bits per heavy atom. The molecule has 1 aromatic rings. The van der Waals surface area contributed by atoms with Gasteiger partial charge in [-0.3, -0.25) is 9.69 Å². The van der Waals surface area contributed by atoms with Crippen LogP contribution in [0.5, 0.6) is 5.75 Å². The fourth-order valence-electron chi connectivity index (χ4n) is 2.93. The zero-order valence-electron chi connectivity index (χ0n) is 13.6. The summed E-state index contributed by atoms with van der Waals surface area (Å²) < 4.78 is 5.72. The van der Waals surface area contributed by atoms with E-state index in [0.29, 0.717) is 25.3 Å². The van der Waals surface area contributed by atoms with Crippen molar-refractivity contribution in [2.45, 2.75) is 32.2 Å². The van der Waals surface area contributed by atoms with Crippen molar-refractivity contribution >= 4 is 23.7 Å². The average Bonchev–Trinajstić information content (AvgIpc) is 3.07. The molecule has 0 unspecified atom stereocenters. The number of urea groups is 1. The summed E-state index contributed by atoms with van der Waals surface area (Å²) in [6.07, 6.45) is 1.37. The van der Waals surface area contributed by atoms with Gasteiger partial charge in [-0.2, -0.15) is 11.8 Å². The first-order chi connectivity index (χ1) is 11.0. The van der Waals surface area contributed by atoms with E-state index in [-0.39, 0.29) is 11.9 Å².